The van der Waals surface area contributed by atoms with Gasteiger partial charge in [-0.05, 0) is 55.4 Å². The molecule has 2 amide bonds. The first kappa shape index (κ1) is 31.5. The number of esters is 1. The summed E-state index contributed by atoms with van der Waals surface area (Å²) in [5, 5.41) is 2.92. The maximum absolute atomic E-state index is 14.1. The van der Waals surface area contributed by atoms with Gasteiger partial charge in [0.05, 0.1) is 33.5 Å². The number of amides is 2. The van der Waals surface area contributed by atoms with E-state index in [2.05, 4.69) is 33.0 Å². The highest BCUT2D eigenvalue weighted by Crippen LogP contribution is 2.51. The zero-order chi connectivity index (χ0) is 29.7. The monoisotopic (exact) mass is 558 g/mol. The molecule has 222 valence electrons. The Morgan fingerprint density at radius 3 is 2.45 bits per heavy atom. The van der Waals surface area contributed by atoms with E-state index in [1.807, 2.05) is 31.2 Å². The molecule has 1 aromatic rings. The minimum absolute atomic E-state index is 0.00313. The molecule has 0 spiro atoms. The molecular formula is C31H46N2O7. The summed E-state index contributed by atoms with van der Waals surface area (Å²) in [4.78, 5) is 42.2. The van der Waals surface area contributed by atoms with Crippen LogP contribution in [0.4, 0.5) is 0 Å². The number of benzene rings is 1. The molecule has 1 aromatic carbocycles. The normalized spacial score (nSPS) is 24.6. The van der Waals surface area contributed by atoms with Crippen molar-refractivity contribution >= 4 is 17.8 Å². The maximum atomic E-state index is 14.1. The van der Waals surface area contributed by atoms with Crippen molar-refractivity contribution in [1.29, 1.82) is 0 Å². The van der Waals surface area contributed by atoms with Crippen LogP contribution in [0.15, 0.2) is 30.0 Å². The summed E-state index contributed by atoms with van der Waals surface area (Å²) >= 11 is 0. The van der Waals surface area contributed by atoms with Crippen molar-refractivity contribution in [3.05, 3.63) is 35.5 Å². The van der Waals surface area contributed by atoms with E-state index in [1.54, 1.807) is 19.1 Å². The summed E-state index contributed by atoms with van der Waals surface area (Å²) < 4.78 is 22.6. The molecule has 2 aliphatic rings. The molecule has 0 bridgehead atoms. The maximum Gasteiger partial charge on any atom is 0.320 e. The van der Waals surface area contributed by atoms with Gasteiger partial charge < -0.3 is 29.2 Å². The summed E-state index contributed by atoms with van der Waals surface area (Å²) in [7, 11) is 4.52. The number of carbonyl (C=O) groups is 3. The van der Waals surface area contributed by atoms with Crippen molar-refractivity contribution < 1.29 is 33.3 Å². The number of methoxy groups -OCH3 is 3. The van der Waals surface area contributed by atoms with Crippen LogP contribution in [0.25, 0.3) is 0 Å². The molecular weight excluding hydrogens is 512 g/mol. The predicted molar refractivity (Wildman–Crippen MR) is 152 cm³/mol. The molecule has 0 saturated carbocycles. The molecule has 0 radical (unpaired) electrons. The Labute approximate surface area is 238 Å². The Morgan fingerprint density at radius 2 is 1.85 bits per heavy atom. The lowest BCUT2D eigenvalue weighted by Crippen LogP contribution is -2.61. The van der Waals surface area contributed by atoms with E-state index in [1.165, 1.54) is 7.11 Å². The van der Waals surface area contributed by atoms with Gasteiger partial charge in [-0.3, -0.25) is 14.4 Å². The van der Waals surface area contributed by atoms with Gasteiger partial charge in [0.25, 0.3) is 0 Å². The molecule has 9 nitrogen and oxygen atoms in total. The van der Waals surface area contributed by atoms with Crippen LogP contribution in [0.1, 0.15) is 65.9 Å². The number of rotatable bonds is 11. The minimum atomic E-state index is -1.21. The van der Waals surface area contributed by atoms with Crippen LogP contribution in [0.5, 0.6) is 11.5 Å². The number of hydrogen-bond donors (Lipinski definition) is 1. The Morgan fingerprint density at radius 1 is 1.15 bits per heavy atom. The van der Waals surface area contributed by atoms with Gasteiger partial charge in [0.1, 0.15) is 5.41 Å². The van der Waals surface area contributed by atoms with Crippen LogP contribution in [-0.4, -0.2) is 69.3 Å². The fourth-order valence-corrected chi connectivity index (χ4v) is 5.65. The quantitative estimate of drug-likeness (QED) is 0.319. The number of ether oxygens (including phenoxy) is 4. The topological polar surface area (TPSA) is 103 Å². The van der Waals surface area contributed by atoms with Gasteiger partial charge in [-0.1, -0.05) is 40.2 Å². The summed E-state index contributed by atoms with van der Waals surface area (Å²) in [5.41, 5.74) is 0.0707. The molecule has 3 rings (SSSR count). The Kier molecular flexibility index (Phi) is 10.3. The second kappa shape index (κ2) is 13.1. The second-order valence-electron chi connectivity index (χ2n) is 11.8. The number of piperidine rings is 1. The van der Waals surface area contributed by atoms with Crippen LogP contribution in [0.2, 0.25) is 0 Å². The van der Waals surface area contributed by atoms with Crippen molar-refractivity contribution in [2.45, 2.75) is 78.9 Å². The summed E-state index contributed by atoms with van der Waals surface area (Å²) in [6, 6.07) is 5.65. The summed E-state index contributed by atoms with van der Waals surface area (Å²) in [6.07, 6.45) is 3.50. The zero-order valence-electron chi connectivity index (χ0n) is 25.3. The molecule has 1 fully saturated rings. The van der Waals surface area contributed by atoms with Gasteiger partial charge in [-0.15, -0.1) is 0 Å². The largest absolute Gasteiger partial charge is 0.493 e. The third-order valence-corrected chi connectivity index (χ3v) is 8.05. The van der Waals surface area contributed by atoms with E-state index < -0.39 is 23.4 Å². The van der Waals surface area contributed by atoms with Crippen molar-refractivity contribution in [2.24, 2.45) is 16.7 Å². The molecule has 4 atom stereocenters. The molecule has 0 aromatic heterocycles. The molecule has 2 heterocycles. The van der Waals surface area contributed by atoms with E-state index in [-0.39, 0.29) is 36.2 Å². The first-order chi connectivity index (χ1) is 18.9. The minimum Gasteiger partial charge on any atom is -0.493 e. The van der Waals surface area contributed by atoms with E-state index in [9.17, 15) is 14.4 Å². The second-order valence-corrected chi connectivity index (χ2v) is 11.8. The Hall–Kier alpha value is -3.07. The Bertz CT molecular complexity index is 1110. The van der Waals surface area contributed by atoms with Gasteiger partial charge in [-0.2, -0.15) is 0 Å². The van der Waals surface area contributed by atoms with Crippen LogP contribution in [0.3, 0.4) is 0 Å². The highest BCUT2D eigenvalue weighted by molar-refractivity contribution is 5.92. The number of fused-ring (bicyclic) bond motifs is 1. The first-order valence-electron chi connectivity index (χ1n) is 14.2. The van der Waals surface area contributed by atoms with Crippen LogP contribution < -0.4 is 14.8 Å². The zero-order valence-corrected chi connectivity index (χ0v) is 25.3. The lowest BCUT2D eigenvalue weighted by Gasteiger charge is -2.53. The van der Waals surface area contributed by atoms with Gasteiger partial charge in [-0.25, -0.2) is 0 Å². The van der Waals surface area contributed by atoms with Crippen molar-refractivity contribution in [3.63, 3.8) is 0 Å². The lowest BCUT2D eigenvalue weighted by molar-refractivity contribution is -0.180. The van der Waals surface area contributed by atoms with Crippen LogP contribution >= 0.6 is 0 Å². The SMILES string of the molecule is CCCCNC(=O)C[C@H]1C[C@@]2(C(=O)OC)C(=C[C@H](C(C)(C)C)O[C@@H]2C)N(CCc2ccc(OC)c(OC)c2)C1=O. The molecule has 1 saturated heterocycles. The molecule has 0 aliphatic carbocycles. The number of hydrogen-bond acceptors (Lipinski definition) is 7. The van der Waals surface area contributed by atoms with Crippen molar-refractivity contribution in [3.8, 4) is 11.5 Å². The third-order valence-electron chi connectivity index (χ3n) is 8.05. The average Bonchev–Trinajstić information content (AvgIpc) is 2.92. The highest BCUT2D eigenvalue weighted by atomic mass is 16.5. The number of unbranched alkanes of at least 4 members (excludes halogenated alkanes) is 1. The fourth-order valence-electron chi connectivity index (χ4n) is 5.65. The molecule has 2 aliphatic heterocycles. The van der Waals surface area contributed by atoms with Gasteiger partial charge in [0, 0.05) is 31.1 Å². The van der Waals surface area contributed by atoms with Gasteiger partial charge >= 0.3 is 5.97 Å². The molecule has 40 heavy (non-hydrogen) atoms. The fraction of sp³-hybridized carbons (Fsp3) is 0.645. The number of likely N-dealkylation sites (tertiary alicyclic amines) is 1. The van der Waals surface area contributed by atoms with Crippen LogP contribution in [-0.2, 0) is 30.3 Å². The molecule has 1 N–H and O–H groups in total. The third kappa shape index (κ3) is 6.45. The van der Waals surface area contributed by atoms with Gasteiger partial charge in [0.2, 0.25) is 11.8 Å². The van der Waals surface area contributed by atoms with E-state index >= 15 is 0 Å². The predicted octanol–water partition coefficient (Wildman–Crippen LogP) is 4.28. The number of carbonyl (C=O) groups excluding carboxylic acids is 3. The summed E-state index contributed by atoms with van der Waals surface area (Å²) in [6.45, 7) is 11.0. The molecule has 0 unspecified atom stereocenters. The van der Waals surface area contributed by atoms with Crippen molar-refractivity contribution in [1.82, 2.24) is 10.2 Å². The van der Waals surface area contributed by atoms with Gasteiger partial charge in [0.15, 0.2) is 11.5 Å². The van der Waals surface area contributed by atoms with E-state index in [4.69, 9.17) is 18.9 Å². The lowest BCUT2D eigenvalue weighted by atomic mass is 9.65. The first-order valence-corrected chi connectivity index (χ1v) is 14.2. The number of nitrogens with zero attached hydrogens (tertiary/aromatic N) is 1. The Balaban J connectivity index is 2.04. The standard InChI is InChI=1S/C31H46N2O7/c1-9-10-14-32-27(34)17-22-19-31(29(36)39-8)20(2)40-26(30(3,4)5)18-25(31)33(28(22)35)15-13-21-11-12-23(37-6)24(16-21)38-7/h11-12,16,18,20,22,26H,9-10,13-15,17,19H2,1-8H3,(H,32,34)/t20-,22+,26-,31+/m1/s1. The van der Waals surface area contributed by atoms with Crippen LogP contribution in [0, 0.1) is 16.7 Å². The average molecular weight is 559 g/mol. The highest BCUT2D eigenvalue weighted by Gasteiger charge is 2.60. The number of nitrogens with one attached hydrogen (secondary N) is 1. The van der Waals surface area contributed by atoms with Crippen molar-refractivity contribution in [2.75, 3.05) is 34.4 Å². The molecule has 9 heteroatoms. The smallest absolute Gasteiger partial charge is 0.320 e. The van der Waals surface area contributed by atoms with E-state index in [0.29, 0.717) is 36.7 Å². The van der Waals surface area contributed by atoms with E-state index in [0.717, 1.165) is 18.4 Å². The summed E-state index contributed by atoms with van der Waals surface area (Å²) in [5.74, 6) is -0.302.